The van der Waals surface area contributed by atoms with Crippen molar-refractivity contribution in [3.05, 3.63) is 52.8 Å². The molecule has 0 atom stereocenters. The lowest BCUT2D eigenvalue weighted by molar-refractivity contribution is 0.0953. The Morgan fingerprint density at radius 1 is 1.24 bits per heavy atom. The Bertz CT molecular complexity index is 906. The number of fused-ring (bicyclic) bond motifs is 1. The summed E-state index contributed by atoms with van der Waals surface area (Å²) in [5, 5.41) is 8.08. The molecular weight excluding hydrogens is 334 g/mol. The molecule has 0 radical (unpaired) electrons. The van der Waals surface area contributed by atoms with Crippen molar-refractivity contribution in [1.82, 2.24) is 24.9 Å². The number of rotatable bonds is 6. The van der Waals surface area contributed by atoms with Crippen LogP contribution in [0, 0.1) is 13.8 Å². The Kier molecular flexibility index (Phi) is 5.33. The minimum Gasteiger partial charge on any atom is -0.352 e. The van der Waals surface area contributed by atoms with Gasteiger partial charge in [-0.2, -0.15) is 4.98 Å². The zero-order valence-electron chi connectivity index (χ0n) is 14.6. The topological polar surface area (TPSA) is 72.2 Å². The predicted molar refractivity (Wildman–Crippen MR) is 98.9 cm³/mol. The number of amides is 1. The van der Waals surface area contributed by atoms with E-state index >= 15 is 0 Å². The molecule has 3 rings (SSSR count). The molecule has 25 heavy (non-hydrogen) atoms. The van der Waals surface area contributed by atoms with Crippen molar-refractivity contribution in [3.63, 3.8) is 0 Å². The maximum absolute atomic E-state index is 12.3. The van der Waals surface area contributed by atoms with Crippen LogP contribution in [0.4, 0.5) is 0 Å². The monoisotopic (exact) mass is 355 g/mol. The van der Waals surface area contributed by atoms with Gasteiger partial charge in [0.25, 0.3) is 11.7 Å². The zero-order chi connectivity index (χ0) is 17.8. The Morgan fingerprint density at radius 2 is 2.04 bits per heavy atom. The van der Waals surface area contributed by atoms with Gasteiger partial charge in [-0.15, -0.1) is 5.10 Å². The van der Waals surface area contributed by atoms with Crippen LogP contribution in [0.15, 0.2) is 35.5 Å². The molecule has 7 heteroatoms. The first-order valence-electron chi connectivity index (χ1n) is 8.28. The molecule has 0 fully saturated rings. The van der Waals surface area contributed by atoms with Crippen molar-refractivity contribution in [2.45, 2.75) is 38.1 Å². The molecule has 3 aromatic rings. The standard InChI is InChI=1S/C18H21N5OS/c1-4-9-19-16(24)15-8-6-5-7-14(15)11-25-18-21-17-20-12(2)10-13(3)23(17)22-18/h5-8,10H,4,9,11H2,1-3H3,(H,19,24). The first-order chi connectivity index (χ1) is 12.1. The summed E-state index contributed by atoms with van der Waals surface area (Å²) in [5.74, 6) is 1.20. The molecule has 6 nitrogen and oxygen atoms in total. The van der Waals surface area contributed by atoms with Crippen molar-refractivity contribution < 1.29 is 4.79 Å². The van der Waals surface area contributed by atoms with Crippen LogP contribution in [-0.2, 0) is 5.75 Å². The summed E-state index contributed by atoms with van der Waals surface area (Å²) in [7, 11) is 0. The van der Waals surface area contributed by atoms with Gasteiger partial charge >= 0.3 is 0 Å². The van der Waals surface area contributed by atoms with E-state index in [9.17, 15) is 4.79 Å². The number of thioether (sulfide) groups is 1. The van der Waals surface area contributed by atoms with Gasteiger partial charge in [0.1, 0.15) is 0 Å². The number of carbonyl (C=O) groups excluding carboxylic acids is 1. The molecule has 1 N–H and O–H groups in total. The van der Waals surface area contributed by atoms with Crippen LogP contribution in [0.25, 0.3) is 5.78 Å². The van der Waals surface area contributed by atoms with E-state index in [2.05, 4.69) is 20.4 Å². The molecule has 0 aliphatic carbocycles. The van der Waals surface area contributed by atoms with Gasteiger partial charge in [0, 0.05) is 29.2 Å². The molecular formula is C18H21N5OS. The average molecular weight is 355 g/mol. The van der Waals surface area contributed by atoms with Gasteiger partial charge in [-0.05, 0) is 38.0 Å². The fourth-order valence-corrected chi connectivity index (χ4v) is 3.37. The van der Waals surface area contributed by atoms with E-state index in [1.54, 1.807) is 4.52 Å². The first kappa shape index (κ1) is 17.4. The molecule has 0 bridgehead atoms. The molecule has 0 spiro atoms. The van der Waals surface area contributed by atoms with Gasteiger partial charge in [0.2, 0.25) is 5.16 Å². The Hall–Kier alpha value is -2.41. The molecule has 130 valence electrons. The molecule has 0 aliphatic rings. The normalized spacial score (nSPS) is 11.0. The van der Waals surface area contributed by atoms with Gasteiger partial charge in [-0.3, -0.25) is 4.79 Å². The van der Waals surface area contributed by atoms with Gasteiger partial charge in [-0.1, -0.05) is 36.9 Å². The number of aryl methyl sites for hydroxylation is 2. The molecule has 0 saturated heterocycles. The van der Waals surface area contributed by atoms with E-state index in [4.69, 9.17) is 0 Å². The molecule has 1 amide bonds. The van der Waals surface area contributed by atoms with Crippen LogP contribution >= 0.6 is 11.8 Å². The third-order valence-electron chi connectivity index (χ3n) is 3.75. The van der Waals surface area contributed by atoms with Crippen molar-refractivity contribution in [1.29, 1.82) is 0 Å². The molecule has 0 unspecified atom stereocenters. The lowest BCUT2D eigenvalue weighted by Gasteiger charge is -2.08. The quantitative estimate of drug-likeness (QED) is 0.688. The highest BCUT2D eigenvalue weighted by Crippen LogP contribution is 2.22. The van der Waals surface area contributed by atoms with Gasteiger partial charge in [0.15, 0.2) is 0 Å². The molecule has 2 heterocycles. The van der Waals surface area contributed by atoms with E-state index in [-0.39, 0.29) is 5.91 Å². The fourth-order valence-electron chi connectivity index (χ4n) is 2.55. The first-order valence-corrected chi connectivity index (χ1v) is 9.27. The van der Waals surface area contributed by atoms with E-state index in [0.717, 1.165) is 23.4 Å². The second kappa shape index (κ2) is 7.65. The Morgan fingerprint density at radius 3 is 2.84 bits per heavy atom. The van der Waals surface area contributed by atoms with E-state index in [1.165, 1.54) is 11.8 Å². The summed E-state index contributed by atoms with van der Waals surface area (Å²) >= 11 is 1.51. The third kappa shape index (κ3) is 3.99. The predicted octanol–water partition coefficient (Wildman–Crippen LogP) is 3.17. The Balaban J connectivity index is 1.78. The molecule has 2 aromatic heterocycles. The van der Waals surface area contributed by atoms with Crippen LogP contribution in [0.1, 0.15) is 40.7 Å². The van der Waals surface area contributed by atoms with Crippen LogP contribution < -0.4 is 5.32 Å². The maximum atomic E-state index is 12.3. The summed E-state index contributed by atoms with van der Waals surface area (Å²) in [5.41, 5.74) is 3.60. The van der Waals surface area contributed by atoms with Gasteiger partial charge < -0.3 is 5.32 Å². The van der Waals surface area contributed by atoms with Crippen molar-refractivity contribution in [2.24, 2.45) is 0 Å². The highest BCUT2D eigenvalue weighted by molar-refractivity contribution is 7.98. The second-order valence-electron chi connectivity index (χ2n) is 5.85. The smallest absolute Gasteiger partial charge is 0.253 e. The minimum atomic E-state index is -0.0332. The number of carbonyl (C=O) groups is 1. The molecule has 0 aliphatic heterocycles. The lowest BCUT2D eigenvalue weighted by atomic mass is 10.1. The van der Waals surface area contributed by atoms with Crippen LogP contribution in [-0.4, -0.2) is 32.0 Å². The summed E-state index contributed by atoms with van der Waals surface area (Å²) in [4.78, 5) is 21.2. The summed E-state index contributed by atoms with van der Waals surface area (Å²) in [6, 6.07) is 9.63. The van der Waals surface area contributed by atoms with Crippen LogP contribution in [0.2, 0.25) is 0 Å². The summed E-state index contributed by atoms with van der Waals surface area (Å²) in [6.45, 7) is 6.64. The van der Waals surface area contributed by atoms with Crippen LogP contribution in [0.3, 0.4) is 0 Å². The number of hydrogen-bond acceptors (Lipinski definition) is 5. The summed E-state index contributed by atoms with van der Waals surface area (Å²) in [6.07, 6.45) is 0.916. The molecule has 1 aromatic carbocycles. The average Bonchev–Trinajstić information content (AvgIpc) is 3.01. The zero-order valence-corrected chi connectivity index (χ0v) is 15.4. The van der Waals surface area contributed by atoms with E-state index < -0.39 is 0 Å². The number of nitrogens with one attached hydrogen (secondary N) is 1. The van der Waals surface area contributed by atoms with Crippen molar-refractivity contribution in [2.75, 3.05) is 6.54 Å². The minimum absolute atomic E-state index is 0.0332. The number of hydrogen-bond donors (Lipinski definition) is 1. The van der Waals surface area contributed by atoms with E-state index in [1.807, 2.05) is 51.1 Å². The van der Waals surface area contributed by atoms with Crippen LogP contribution in [0.5, 0.6) is 0 Å². The van der Waals surface area contributed by atoms with Gasteiger partial charge in [0.05, 0.1) is 0 Å². The SMILES string of the molecule is CCCNC(=O)c1ccccc1CSc1nc2nc(C)cc(C)n2n1. The van der Waals surface area contributed by atoms with Crippen molar-refractivity contribution in [3.8, 4) is 0 Å². The van der Waals surface area contributed by atoms with Gasteiger partial charge in [-0.25, -0.2) is 9.50 Å². The highest BCUT2D eigenvalue weighted by Gasteiger charge is 2.13. The number of nitrogens with zero attached hydrogens (tertiary/aromatic N) is 4. The third-order valence-corrected chi connectivity index (χ3v) is 4.64. The Labute approximate surface area is 151 Å². The second-order valence-corrected chi connectivity index (χ2v) is 6.79. The highest BCUT2D eigenvalue weighted by atomic mass is 32.2. The summed E-state index contributed by atoms with van der Waals surface area (Å²) < 4.78 is 1.75. The number of benzene rings is 1. The lowest BCUT2D eigenvalue weighted by Crippen LogP contribution is -2.24. The van der Waals surface area contributed by atoms with Crippen molar-refractivity contribution >= 4 is 23.4 Å². The fraction of sp³-hybridized carbons (Fsp3) is 0.333. The largest absolute Gasteiger partial charge is 0.352 e. The maximum Gasteiger partial charge on any atom is 0.253 e. The van der Waals surface area contributed by atoms with E-state index in [0.29, 0.717) is 28.8 Å². The number of aromatic nitrogens is 4. The molecule has 0 saturated carbocycles.